The zero-order valence-corrected chi connectivity index (χ0v) is 14.6. The number of ether oxygens (including phenoxy) is 1. The van der Waals surface area contributed by atoms with Crippen LogP contribution in [0.3, 0.4) is 0 Å². The van der Waals surface area contributed by atoms with Gasteiger partial charge >= 0.3 is 6.61 Å². The minimum atomic E-state index is -2.78. The highest BCUT2D eigenvalue weighted by molar-refractivity contribution is 9.10. The van der Waals surface area contributed by atoms with Gasteiger partial charge in [0, 0.05) is 29.7 Å². The van der Waals surface area contributed by atoms with E-state index >= 15 is 0 Å². The molecule has 7 heteroatoms. The van der Waals surface area contributed by atoms with Gasteiger partial charge in [-0.3, -0.25) is 4.90 Å². The van der Waals surface area contributed by atoms with Crippen LogP contribution >= 0.6 is 28.3 Å². The van der Waals surface area contributed by atoms with E-state index in [9.17, 15) is 8.78 Å². The topological polar surface area (TPSA) is 24.5 Å². The molecule has 1 unspecified atom stereocenters. The third kappa shape index (κ3) is 4.10. The maximum absolute atomic E-state index is 12.5. The predicted molar refractivity (Wildman–Crippen MR) is 87.8 cm³/mol. The van der Waals surface area contributed by atoms with Crippen LogP contribution in [0.25, 0.3) is 0 Å². The number of likely N-dealkylation sites (tertiary alicyclic amines) is 1. The molecule has 2 fully saturated rings. The second-order valence-electron chi connectivity index (χ2n) is 6.02. The third-order valence-electron chi connectivity index (χ3n) is 4.48. The number of benzene rings is 1. The molecular formula is C15H20BrClF2N2O. The van der Waals surface area contributed by atoms with E-state index in [1.165, 1.54) is 12.8 Å². The lowest BCUT2D eigenvalue weighted by atomic mass is 9.86. The van der Waals surface area contributed by atoms with Crippen LogP contribution < -0.4 is 10.1 Å². The van der Waals surface area contributed by atoms with Crippen LogP contribution in [0.15, 0.2) is 22.7 Å². The molecule has 0 saturated carbocycles. The maximum atomic E-state index is 12.5. The number of halogens is 4. The molecule has 2 aliphatic rings. The summed E-state index contributed by atoms with van der Waals surface area (Å²) >= 11 is 3.40. The molecule has 3 nitrogen and oxygen atoms in total. The second-order valence-corrected chi connectivity index (χ2v) is 6.93. The molecule has 124 valence electrons. The highest BCUT2D eigenvalue weighted by Gasteiger charge is 2.40. The number of hydrogen-bond donors (Lipinski definition) is 1. The first-order valence-corrected chi connectivity index (χ1v) is 8.02. The quantitative estimate of drug-likeness (QED) is 0.839. The summed E-state index contributed by atoms with van der Waals surface area (Å²) in [6.45, 7) is 2.08. The van der Waals surface area contributed by atoms with Gasteiger partial charge in [0.25, 0.3) is 0 Å². The fourth-order valence-corrected chi connectivity index (χ4v) is 3.84. The van der Waals surface area contributed by atoms with Crippen molar-refractivity contribution in [1.29, 1.82) is 0 Å². The SMILES string of the molecule is Cl.FC(F)Oc1ccc(Br)cc1CN1CCC2(CCNC2)C1. The van der Waals surface area contributed by atoms with Crippen molar-refractivity contribution in [2.24, 2.45) is 5.41 Å². The molecular weight excluding hydrogens is 378 g/mol. The largest absolute Gasteiger partial charge is 0.434 e. The molecule has 0 amide bonds. The van der Waals surface area contributed by atoms with Crippen LogP contribution in [-0.4, -0.2) is 37.7 Å². The first-order chi connectivity index (χ1) is 10.1. The zero-order chi connectivity index (χ0) is 14.9. The Labute approximate surface area is 143 Å². The lowest BCUT2D eigenvalue weighted by Crippen LogP contribution is -2.29. The van der Waals surface area contributed by atoms with E-state index in [-0.39, 0.29) is 18.2 Å². The molecule has 1 aromatic rings. The summed E-state index contributed by atoms with van der Waals surface area (Å²) < 4.78 is 30.5. The molecule has 2 aliphatic heterocycles. The summed E-state index contributed by atoms with van der Waals surface area (Å²) in [6, 6.07) is 5.21. The standard InChI is InChI=1S/C15H19BrF2N2O.ClH/c16-12-1-2-13(21-14(17)18)11(7-12)8-20-6-4-15(10-20)3-5-19-9-15;/h1-2,7,14,19H,3-6,8-10H2;1H. The Morgan fingerprint density at radius 2 is 2.18 bits per heavy atom. The molecule has 1 atom stereocenters. The van der Waals surface area contributed by atoms with Gasteiger partial charge in [-0.1, -0.05) is 15.9 Å². The Morgan fingerprint density at radius 1 is 1.36 bits per heavy atom. The predicted octanol–water partition coefficient (Wildman–Crippen LogP) is 3.66. The van der Waals surface area contributed by atoms with Crippen molar-refractivity contribution in [3.05, 3.63) is 28.2 Å². The fraction of sp³-hybridized carbons (Fsp3) is 0.600. The van der Waals surface area contributed by atoms with Gasteiger partial charge in [0.05, 0.1) is 0 Å². The summed E-state index contributed by atoms with van der Waals surface area (Å²) in [5.74, 6) is 0.277. The summed E-state index contributed by atoms with van der Waals surface area (Å²) in [7, 11) is 0. The first kappa shape index (κ1) is 17.9. The number of rotatable bonds is 4. The van der Waals surface area contributed by atoms with Crippen LogP contribution in [-0.2, 0) is 6.54 Å². The van der Waals surface area contributed by atoms with Crippen LogP contribution in [0.4, 0.5) is 8.78 Å². The summed E-state index contributed by atoms with van der Waals surface area (Å²) in [6.07, 6.45) is 2.39. The Bertz CT molecular complexity index is 512. The number of alkyl halides is 2. The zero-order valence-electron chi connectivity index (χ0n) is 12.2. The summed E-state index contributed by atoms with van der Waals surface area (Å²) in [5, 5.41) is 3.43. The molecule has 0 aromatic heterocycles. The molecule has 22 heavy (non-hydrogen) atoms. The number of nitrogens with one attached hydrogen (secondary N) is 1. The fourth-order valence-electron chi connectivity index (χ4n) is 3.43. The molecule has 3 rings (SSSR count). The van der Waals surface area contributed by atoms with Gasteiger partial charge in [0.15, 0.2) is 0 Å². The van der Waals surface area contributed by atoms with E-state index in [1.54, 1.807) is 12.1 Å². The summed E-state index contributed by atoms with van der Waals surface area (Å²) in [5.41, 5.74) is 1.20. The van der Waals surface area contributed by atoms with Crippen molar-refractivity contribution in [3.8, 4) is 5.75 Å². The van der Waals surface area contributed by atoms with Gasteiger partial charge < -0.3 is 10.1 Å². The van der Waals surface area contributed by atoms with Crippen LogP contribution in [0.1, 0.15) is 18.4 Å². The molecule has 2 saturated heterocycles. The molecule has 1 N–H and O–H groups in total. The average Bonchev–Trinajstić information content (AvgIpc) is 3.03. The minimum Gasteiger partial charge on any atom is -0.434 e. The van der Waals surface area contributed by atoms with E-state index in [0.717, 1.165) is 36.2 Å². The first-order valence-electron chi connectivity index (χ1n) is 7.23. The number of hydrogen-bond acceptors (Lipinski definition) is 3. The monoisotopic (exact) mass is 396 g/mol. The van der Waals surface area contributed by atoms with Gasteiger partial charge in [-0.25, -0.2) is 0 Å². The Morgan fingerprint density at radius 3 is 2.86 bits per heavy atom. The molecule has 0 aliphatic carbocycles. The van der Waals surface area contributed by atoms with Gasteiger partial charge in [0.1, 0.15) is 5.75 Å². The van der Waals surface area contributed by atoms with Gasteiger partial charge in [-0.05, 0) is 49.5 Å². The summed E-state index contributed by atoms with van der Waals surface area (Å²) in [4.78, 5) is 2.34. The average molecular weight is 398 g/mol. The van der Waals surface area contributed by atoms with E-state index < -0.39 is 6.61 Å². The molecule has 1 aromatic carbocycles. The van der Waals surface area contributed by atoms with Crippen LogP contribution in [0, 0.1) is 5.41 Å². The highest BCUT2D eigenvalue weighted by atomic mass is 79.9. The van der Waals surface area contributed by atoms with Crippen molar-refractivity contribution in [2.75, 3.05) is 26.2 Å². The van der Waals surface area contributed by atoms with E-state index in [0.29, 0.717) is 12.0 Å². The molecule has 0 bridgehead atoms. The van der Waals surface area contributed by atoms with Crippen LogP contribution in [0.5, 0.6) is 5.75 Å². The lowest BCUT2D eigenvalue weighted by molar-refractivity contribution is -0.0507. The highest BCUT2D eigenvalue weighted by Crippen LogP contribution is 2.37. The lowest BCUT2D eigenvalue weighted by Gasteiger charge is -2.23. The second kappa shape index (κ2) is 7.43. The van der Waals surface area contributed by atoms with Gasteiger partial charge in [-0.2, -0.15) is 8.78 Å². The van der Waals surface area contributed by atoms with E-state index in [4.69, 9.17) is 0 Å². The maximum Gasteiger partial charge on any atom is 0.387 e. The number of nitrogens with zero attached hydrogens (tertiary/aromatic N) is 1. The Hall–Kier alpha value is -0.430. The third-order valence-corrected chi connectivity index (χ3v) is 4.98. The van der Waals surface area contributed by atoms with Crippen molar-refractivity contribution in [2.45, 2.75) is 26.0 Å². The Kier molecular flexibility index (Phi) is 6.05. The van der Waals surface area contributed by atoms with Crippen molar-refractivity contribution < 1.29 is 13.5 Å². The van der Waals surface area contributed by atoms with Crippen molar-refractivity contribution in [3.63, 3.8) is 0 Å². The Balaban J connectivity index is 0.00000176. The van der Waals surface area contributed by atoms with Crippen LogP contribution in [0.2, 0.25) is 0 Å². The molecule has 1 spiro atoms. The van der Waals surface area contributed by atoms with Crippen molar-refractivity contribution >= 4 is 28.3 Å². The van der Waals surface area contributed by atoms with Gasteiger partial charge in [-0.15, -0.1) is 12.4 Å². The van der Waals surface area contributed by atoms with Gasteiger partial charge in [0.2, 0.25) is 0 Å². The smallest absolute Gasteiger partial charge is 0.387 e. The molecule has 0 radical (unpaired) electrons. The van der Waals surface area contributed by atoms with E-state index in [1.807, 2.05) is 6.07 Å². The molecule has 2 heterocycles. The van der Waals surface area contributed by atoms with E-state index in [2.05, 4.69) is 30.9 Å². The van der Waals surface area contributed by atoms with Crippen molar-refractivity contribution in [1.82, 2.24) is 10.2 Å². The normalized spacial score (nSPS) is 24.9. The minimum absolute atomic E-state index is 0.